The molecular weight excluding hydrogens is 412 g/mol. The summed E-state index contributed by atoms with van der Waals surface area (Å²) in [4.78, 5) is 3.86. The second-order valence-corrected chi connectivity index (χ2v) is 8.64. The van der Waals surface area contributed by atoms with E-state index in [1.807, 2.05) is 0 Å². The van der Waals surface area contributed by atoms with Crippen LogP contribution < -0.4 is 5.32 Å². The third-order valence-electron chi connectivity index (χ3n) is 3.76. The van der Waals surface area contributed by atoms with Gasteiger partial charge in [-0.25, -0.2) is 0 Å². The Balaban J connectivity index is 1.66. The Hall–Kier alpha value is -0.360. The van der Waals surface area contributed by atoms with Gasteiger partial charge in [0.15, 0.2) is 0 Å². The number of nitrogens with one attached hydrogen (secondary N) is 1. The molecule has 0 bridgehead atoms. The highest BCUT2D eigenvalue weighted by atomic mass is 79.9. The van der Waals surface area contributed by atoms with Gasteiger partial charge in [0.1, 0.15) is 0 Å². The summed E-state index contributed by atoms with van der Waals surface area (Å²) in [6.07, 6.45) is 2.68. The van der Waals surface area contributed by atoms with Gasteiger partial charge >= 0.3 is 0 Å². The summed E-state index contributed by atoms with van der Waals surface area (Å²) in [5.74, 6) is 0. The van der Waals surface area contributed by atoms with Gasteiger partial charge in [-0.05, 0) is 75.5 Å². The Bertz CT molecular complexity index is 587. The van der Waals surface area contributed by atoms with Crippen molar-refractivity contribution in [1.82, 2.24) is 4.90 Å². The molecule has 2 heterocycles. The predicted molar refractivity (Wildman–Crippen MR) is 98.0 cm³/mol. The molecule has 3 rings (SSSR count). The molecule has 0 atom stereocenters. The molecular formula is C16H18Br2N2S. The molecule has 2 nitrogen and oxygen atoms in total. The van der Waals surface area contributed by atoms with Gasteiger partial charge in [0.25, 0.3) is 0 Å². The van der Waals surface area contributed by atoms with Gasteiger partial charge in [-0.15, -0.1) is 11.3 Å². The van der Waals surface area contributed by atoms with Crippen LogP contribution in [0.25, 0.3) is 0 Å². The molecule has 21 heavy (non-hydrogen) atoms. The minimum absolute atomic E-state index is 0.867. The third-order valence-corrected chi connectivity index (χ3v) is 7.02. The van der Waals surface area contributed by atoms with Gasteiger partial charge in [0, 0.05) is 28.1 Å². The van der Waals surface area contributed by atoms with Crippen LogP contribution >= 0.6 is 43.2 Å². The average molecular weight is 430 g/mol. The van der Waals surface area contributed by atoms with Crippen LogP contribution in [0.4, 0.5) is 5.69 Å². The molecule has 1 saturated heterocycles. The first-order valence-electron chi connectivity index (χ1n) is 7.20. The van der Waals surface area contributed by atoms with E-state index in [2.05, 4.69) is 72.4 Å². The molecule has 1 fully saturated rings. The lowest BCUT2D eigenvalue weighted by Crippen LogP contribution is -2.19. The first-order chi connectivity index (χ1) is 10.2. The standard InChI is InChI=1S/C16H18Br2N2S/c17-14-9-13(21-16(14)18)10-19-15-6-2-1-5-12(15)11-20-7-3-4-8-20/h1-2,5-6,9,19H,3-4,7-8,10-11H2. The van der Waals surface area contributed by atoms with Gasteiger partial charge in [-0.1, -0.05) is 18.2 Å². The van der Waals surface area contributed by atoms with Crippen molar-refractivity contribution in [3.8, 4) is 0 Å². The summed E-state index contributed by atoms with van der Waals surface area (Å²) in [7, 11) is 0. The summed E-state index contributed by atoms with van der Waals surface area (Å²) in [6.45, 7) is 4.39. The summed E-state index contributed by atoms with van der Waals surface area (Å²) >= 11 is 8.87. The van der Waals surface area contributed by atoms with E-state index in [-0.39, 0.29) is 0 Å². The zero-order chi connectivity index (χ0) is 14.7. The van der Waals surface area contributed by atoms with Crippen LogP contribution in [-0.2, 0) is 13.1 Å². The number of thiophene rings is 1. The summed E-state index contributed by atoms with van der Waals surface area (Å²) in [5, 5.41) is 3.59. The van der Waals surface area contributed by atoms with Crippen molar-refractivity contribution in [1.29, 1.82) is 0 Å². The molecule has 0 radical (unpaired) electrons. The molecule has 5 heteroatoms. The van der Waals surface area contributed by atoms with Crippen molar-refractivity contribution in [2.24, 2.45) is 0 Å². The van der Waals surface area contributed by atoms with Gasteiger partial charge < -0.3 is 5.32 Å². The monoisotopic (exact) mass is 428 g/mol. The number of hydrogen-bond donors (Lipinski definition) is 1. The zero-order valence-corrected chi connectivity index (χ0v) is 15.7. The van der Waals surface area contributed by atoms with Crippen LogP contribution in [0.3, 0.4) is 0 Å². The van der Waals surface area contributed by atoms with Crippen molar-refractivity contribution in [2.75, 3.05) is 18.4 Å². The molecule has 2 aromatic rings. The van der Waals surface area contributed by atoms with Gasteiger partial charge in [-0.2, -0.15) is 0 Å². The first-order valence-corrected chi connectivity index (χ1v) is 9.60. The van der Waals surface area contributed by atoms with Gasteiger partial charge in [0.2, 0.25) is 0 Å². The summed E-state index contributed by atoms with van der Waals surface area (Å²) < 4.78 is 2.29. The van der Waals surface area contributed by atoms with E-state index in [0.29, 0.717) is 0 Å². The minimum Gasteiger partial charge on any atom is -0.380 e. The maximum absolute atomic E-state index is 3.59. The number of benzene rings is 1. The molecule has 1 N–H and O–H groups in total. The highest BCUT2D eigenvalue weighted by Crippen LogP contribution is 2.33. The Kier molecular flexibility index (Phi) is 5.38. The topological polar surface area (TPSA) is 15.3 Å². The molecule has 0 amide bonds. The van der Waals surface area contributed by atoms with Crippen LogP contribution in [0.5, 0.6) is 0 Å². The maximum Gasteiger partial charge on any atom is 0.0843 e. The average Bonchev–Trinajstić information content (AvgIpc) is 3.09. The highest BCUT2D eigenvalue weighted by Gasteiger charge is 2.13. The Morgan fingerprint density at radius 3 is 2.62 bits per heavy atom. The van der Waals surface area contributed by atoms with Gasteiger partial charge in [-0.3, -0.25) is 4.90 Å². The van der Waals surface area contributed by atoms with E-state index >= 15 is 0 Å². The van der Waals surface area contributed by atoms with Crippen LogP contribution in [0.1, 0.15) is 23.3 Å². The van der Waals surface area contributed by atoms with Crippen molar-refractivity contribution < 1.29 is 0 Å². The molecule has 1 aliphatic heterocycles. The number of rotatable bonds is 5. The molecule has 1 aromatic heterocycles. The van der Waals surface area contributed by atoms with Gasteiger partial charge in [0.05, 0.1) is 3.79 Å². The number of halogens is 2. The number of para-hydroxylation sites is 1. The fourth-order valence-electron chi connectivity index (χ4n) is 2.67. The third kappa shape index (κ3) is 4.09. The first kappa shape index (κ1) is 15.5. The molecule has 0 aliphatic carbocycles. The fraction of sp³-hybridized carbons (Fsp3) is 0.375. The van der Waals surface area contributed by atoms with Crippen molar-refractivity contribution in [3.63, 3.8) is 0 Å². The number of likely N-dealkylation sites (tertiary alicyclic amines) is 1. The van der Waals surface area contributed by atoms with E-state index in [1.165, 1.54) is 42.1 Å². The van der Waals surface area contributed by atoms with E-state index in [1.54, 1.807) is 11.3 Å². The van der Waals surface area contributed by atoms with Crippen molar-refractivity contribution >= 4 is 48.9 Å². The number of nitrogens with zero attached hydrogens (tertiary/aromatic N) is 1. The van der Waals surface area contributed by atoms with E-state index < -0.39 is 0 Å². The predicted octanol–water partition coefficient (Wildman–Crippen LogP) is 5.48. The molecule has 0 unspecified atom stereocenters. The molecule has 0 spiro atoms. The fourth-order valence-corrected chi connectivity index (χ4v) is 4.79. The van der Waals surface area contributed by atoms with Crippen LogP contribution in [0.15, 0.2) is 38.6 Å². The van der Waals surface area contributed by atoms with Crippen LogP contribution in [-0.4, -0.2) is 18.0 Å². The highest BCUT2D eigenvalue weighted by molar-refractivity contribution is 9.13. The number of hydrogen-bond acceptors (Lipinski definition) is 3. The summed E-state index contributed by atoms with van der Waals surface area (Å²) in [5.41, 5.74) is 2.65. The molecule has 1 aliphatic rings. The lowest BCUT2D eigenvalue weighted by molar-refractivity contribution is 0.332. The quantitative estimate of drug-likeness (QED) is 0.676. The van der Waals surface area contributed by atoms with Crippen LogP contribution in [0.2, 0.25) is 0 Å². The van der Waals surface area contributed by atoms with Crippen LogP contribution in [0, 0.1) is 0 Å². The Morgan fingerprint density at radius 1 is 1.14 bits per heavy atom. The zero-order valence-electron chi connectivity index (χ0n) is 11.7. The van der Waals surface area contributed by atoms with Crippen molar-refractivity contribution in [2.45, 2.75) is 25.9 Å². The molecule has 0 saturated carbocycles. The Labute approximate surface area is 146 Å². The second kappa shape index (κ2) is 7.27. The largest absolute Gasteiger partial charge is 0.380 e. The Morgan fingerprint density at radius 2 is 1.90 bits per heavy atom. The maximum atomic E-state index is 3.59. The summed E-state index contributed by atoms with van der Waals surface area (Å²) in [6, 6.07) is 10.8. The lowest BCUT2D eigenvalue weighted by atomic mass is 10.1. The smallest absolute Gasteiger partial charge is 0.0843 e. The lowest BCUT2D eigenvalue weighted by Gasteiger charge is -2.18. The molecule has 1 aromatic carbocycles. The normalized spacial score (nSPS) is 15.5. The second-order valence-electron chi connectivity index (χ2n) is 5.33. The number of anilines is 1. The van der Waals surface area contributed by atoms with Crippen molar-refractivity contribution in [3.05, 3.63) is 49.0 Å². The minimum atomic E-state index is 0.867. The van der Waals surface area contributed by atoms with E-state index in [9.17, 15) is 0 Å². The molecule has 112 valence electrons. The SMILES string of the molecule is Brc1cc(CNc2ccccc2CN2CCCC2)sc1Br. The van der Waals surface area contributed by atoms with E-state index in [0.717, 1.165) is 21.3 Å². The van der Waals surface area contributed by atoms with E-state index in [4.69, 9.17) is 0 Å².